The predicted molar refractivity (Wildman–Crippen MR) is 267 cm³/mol. The number of imidazole rings is 2. The highest BCUT2D eigenvalue weighted by Crippen LogP contribution is 2.49. The highest BCUT2D eigenvalue weighted by molar-refractivity contribution is 5.88. The molecule has 0 radical (unpaired) electrons. The van der Waals surface area contributed by atoms with Crippen molar-refractivity contribution in [3.63, 3.8) is 0 Å². The molecule has 2 aromatic heterocycles. The van der Waals surface area contributed by atoms with E-state index >= 15 is 8.78 Å². The van der Waals surface area contributed by atoms with Crippen molar-refractivity contribution in [3.05, 3.63) is 82.9 Å². The Kier molecular flexibility index (Phi) is 13.9. The Morgan fingerprint density at radius 2 is 1.08 bits per heavy atom. The summed E-state index contributed by atoms with van der Waals surface area (Å²) in [5.74, 6) is -0.615. The number of ether oxygens (including phenoxy) is 2. The molecule has 0 aliphatic carbocycles. The maximum Gasteiger partial charge on any atom is 0.407 e. The fourth-order valence-corrected chi connectivity index (χ4v) is 11.4. The quantitative estimate of drug-likeness (QED) is 0.0940. The maximum atomic E-state index is 16.6. The molecule has 6 heterocycles. The number of aromatic amines is 2. The largest absolute Gasteiger partial charge is 0.453 e. The number of methoxy groups -OCH3 is 2. The molecule has 71 heavy (non-hydrogen) atoms. The smallest absolute Gasteiger partial charge is 0.407 e. The topological polar surface area (TPSA) is 181 Å². The standard InChI is InChI=1S/C53H68F2N10O6/c1-29(2)44(60-51(68)70-7)49(66)63-21-9-11-42(63)47-56-36-15-13-31(25-38(36)58-47)40-17-18-41(65(40)33-27-34(54)46(35(55)28-33)62-23-19-53(5,6)20-24-62)32-14-16-37-39(26-32)59-48(57-37)43-12-10-22-64(43)50(67)45(30(3)4)61-52(69)71-8/h13-16,25-30,40-45H,9-12,17-24H2,1-8H3,(H,56,58)(H,57,59)(H,60,68)(H,61,69)/t40-,41-,42+,43+,44+,45+/m1/s1. The third kappa shape index (κ3) is 9.82. The number of carbonyl (C=O) groups excluding carboxylic acids is 4. The van der Waals surface area contributed by atoms with Crippen LogP contribution in [0.5, 0.6) is 0 Å². The molecule has 3 aromatic carbocycles. The second-order valence-corrected chi connectivity index (χ2v) is 21.3. The second-order valence-electron chi connectivity index (χ2n) is 21.3. The first-order valence-corrected chi connectivity index (χ1v) is 25.3. The molecule has 0 saturated carbocycles. The van der Waals surface area contributed by atoms with Crippen molar-refractivity contribution in [2.75, 3.05) is 50.2 Å². The fourth-order valence-electron chi connectivity index (χ4n) is 11.4. The average Bonchev–Trinajstić information content (AvgIpc) is 4.20. The average molecular weight is 979 g/mol. The van der Waals surface area contributed by atoms with Crippen LogP contribution >= 0.6 is 0 Å². The van der Waals surface area contributed by atoms with Crippen molar-refractivity contribution in [1.82, 2.24) is 40.4 Å². The van der Waals surface area contributed by atoms with Gasteiger partial charge in [-0.05, 0) is 116 Å². The van der Waals surface area contributed by atoms with Gasteiger partial charge in [-0.25, -0.2) is 28.3 Å². The Morgan fingerprint density at radius 3 is 1.49 bits per heavy atom. The molecular weight excluding hydrogens is 911 g/mol. The van der Waals surface area contributed by atoms with E-state index in [1.54, 1.807) is 9.80 Å². The molecule has 5 aromatic rings. The van der Waals surface area contributed by atoms with Gasteiger partial charge in [0, 0.05) is 31.9 Å². The van der Waals surface area contributed by atoms with Gasteiger partial charge in [0.05, 0.1) is 60.5 Å². The summed E-state index contributed by atoms with van der Waals surface area (Å²) < 4.78 is 42.8. The van der Waals surface area contributed by atoms with E-state index in [0.29, 0.717) is 69.2 Å². The molecule has 4 amide bonds. The van der Waals surface area contributed by atoms with E-state index in [0.717, 1.165) is 58.9 Å². The van der Waals surface area contributed by atoms with Crippen molar-refractivity contribution in [2.45, 2.75) is 129 Å². The number of nitrogens with zero attached hydrogens (tertiary/aromatic N) is 6. The number of H-pyrrole nitrogens is 2. The Morgan fingerprint density at radius 1 is 0.648 bits per heavy atom. The van der Waals surface area contributed by atoms with Crippen LogP contribution in [0.15, 0.2) is 48.5 Å². The lowest BCUT2D eigenvalue weighted by molar-refractivity contribution is -0.136. The molecule has 16 nitrogen and oxygen atoms in total. The summed E-state index contributed by atoms with van der Waals surface area (Å²) >= 11 is 0. The summed E-state index contributed by atoms with van der Waals surface area (Å²) in [4.78, 5) is 76.8. The zero-order chi connectivity index (χ0) is 50.5. The van der Waals surface area contributed by atoms with Gasteiger partial charge < -0.3 is 49.7 Å². The molecule has 4 fully saturated rings. The highest BCUT2D eigenvalue weighted by atomic mass is 19.1. The third-order valence-corrected chi connectivity index (χ3v) is 15.4. The number of anilines is 2. The van der Waals surface area contributed by atoms with Crippen molar-refractivity contribution in [3.8, 4) is 0 Å². The minimum atomic E-state index is -0.763. The van der Waals surface area contributed by atoms with Gasteiger partial charge in [-0.1, -0.05) is 53.7 Å². The van der Waals surface area contributed by atoms with Crippen LogP contribution in [0.3, 0.4) is 0 Å². The molecule has 0 spiro atoms. The number of fused-ring (bicyclic) bond motifs is 2. The van der Waals surface area contributed by atoms with Crippen molar-refractivity contribution in [2.24, 2.45) is 17.3 Å². The van der Waals surface area contributed by atoms with Crippen LogP contribution in [0.4, 0.5) is 29.7 Å². The van der Waals surface area contributed by atoms with Gasteiger partial charge in [0.15, 0.2) is 11.6 Å². The third-order valence-electron chi connectivity index (χ3n) is 15.4. The number of likely N-dealkylation sites (tertiary alicyclic amines) is 2. The number of piperidine rings is 1. The molecule has 4 aliphatic heterocycles. The number of hydrogen-bond acceptors (Lipinski definition) is 10. The first-order valence-electron chi connectivity index (χ1n) is 25.3. The van der Waals surface area contributed by atoms with Gasteiger partial charge in [0.1, 0.15) is 29.4 Å². The number of aromatic nitrogens is 4. The summed E-state index contributed by atoms with van der Waals surface area (Å²) in [6.45, 7) is 14.1. The fraction of sp³-hybridized carbons (Fsp3) is 0.547. The molecule has 0 bridgehead atoms. The van der Waals surface area contributed by atoms with Crippen LogP contribution in [0, 0.1) is 28.9 Å². The maximum absolute atomic E-state index is 16.6. The zero-order valence-electron chi connectivity index (χ0n) is 42.1. The Labute approximate surface area is 413 Å². The summed E-state index contributed by atoms with van der Waals surface area (Å²) in [5, 5.41) is 5.43. The number of rotatable bonds is 12. The number of carbonyl (C=O) groups is 4. The van der Waals surface area contributed by atoms with Crippen LogP contribution in [-0.4, -0.2) is 106 Å². The van der Waals surface area contributed by atoms with Crippen LogP contribution in [0.1, 0.15) is 140 Å². The van der Waals surface area contributed by atoms with E-state index in [9.17, 15) is 19.2 Å². The Balaban J connectivity index is 1.04. The highest BCUT2D eigenvalue weighted by Gasteiger charge is 2.41. The number of hydrogen-bond donors (Lipinski definition) is 4. The molecule has 4 saturated heterocycles. The Hall–Kier alpha value is -6.46. The first-order chi connectivity index (χ1) is 33.9. The molecule has 6 atom stereocenters. The van der Waals surface area contributed by atoms with Crippen LogP contribution in [-0.2, 0) is 19.1 Å². The lowest BCUT2D eigenvalue weighted by Crippen LogP contribution is -2.51. The number of amides is 4. The van der Waals surface area contributed by atoms with Crippen molar-refractivity contribution >= 4 is 57.4 Å². The first kappa shape index (κ1) is 49.5. The van der Waals surface area contributed by atoms with Crippen LogP contribution < -0.4 is 20.4 Å². The minimum absolute atomic E-state index is 0.00910. The van der Waals surface area contributed by atoms with Gasteiger partial charge >= 0.3 is 12.2 Å². The SMILES string of the molecule is COC(=O)N[C@H](C(=O)N1CCC[C@H]1c1nc2ccc([C@H]3CC[C@H](c4ccc5nc([C@@H]6CCCN6C(=O)[C@@H](NC(=O)OC)C(C)C)[nH]c5c4)N3c3cc(F)c(N4CCC(C)(C)CC4)c(F)c3)cc2[nH]1)C(C)C. The molecule has 380 valence electrons. The lowest BCUT2D eigenvalue weighted by Gasteiger charge is -2.39. The van der Waals surface area contributed by atoms with Crippen LogP contribution in [0.25, 0.3) is 22.1 Å². The van der Waals surface area contributed by atoms with Gasteiger partial charge in [-0.15, -0.1) is 0 Å². The monoisotopic (exact) mass is 979 g/mol. The molecular formula is C53H68F2N10O6. The number of alkyl carbamates (subject to hydrolysis) is 2. The molecule has 0 unspecified atom stereocenters. The van der Waals surface area contributed by atoms with E-state index in [1.807, 2.05) is 56.9 Å². The summed E-state index contributed by atoms with van der Waals surface area (Å²) in [7, 11) is 2.55. The van der Waals surface area contributed by atoms with Gasteiger partial charge in [-0.2, -0.15) is 0 Å². The van der Waals surface area contributed by atoms with Crippen molar-refractivity contribution < 1.29 is 37.4 Å². The van der Waals surface area contributed by atoms with E-state index in [2.05, 4.69) is 51.5 Å². The van der Waals surface area contributed by atoms with Crippen molar-refractivity contribution in [1.29, 1.82) is 0 Å². The summed E-state index contributed by atoms with van der Waals surface area (Å²) in [6, 6.07) is 12.3. The number of benzene rings is 3. The summed E-state index contributed by atoms with van der Waals surface area (Å²) in [6.07, 6.45) is 4.67. The van der Waals surface area contributed by atoms with Gasteiger partial charge in [0.25, 0.3) is 0 Å². The van der Waals surface area contributed by atoms with Gasteiger partial charge in [0.2, 0.25) is 11.8 Å². The second kappa shape index (κ2) is 20.0. The zero-order valence-corrected chi connectivity index (χ0v) is 42.1. The predicted octanol–water partition coefficient (Wildman–Crippen LogP) is 9.51. The number of nitrogens with one attached hydrogen (secondary N) is 4. The minimum Gasteiger partial charge on any atom is -0.453 e. The van der Waals surface area contributed by atoms with Crippen LogP contribution in [0.2, 0.25) is 0 Å². The van der Waals surface area contributed by atoms with E-state index in [-0.39, 0.29) is 58.9 Å². The number of halogens is 2. The van der Waals surface area contributed by atoms with E-state index in [4.69, 9.17) is 19.4 Å². The van der Waals surface area contributed by atoms with Gasteiger partial charge in [-0.3, -0.25) is 9.59 Å². The molecule has 4 aliphatic rings. The molecule has 4 N–H and O–H groups in total. The Bertz CT molecular complexity index is 2630. The normalized spacial score (nSPS) is 22.2. The lowest BCUT2D eigenvalue weighted by atomic mass is 9.82. The van der Waals surface area contributed by atoms with E-state index < -0.39 is 35.9 Å². The molecule has 18 heteroatoms. The summed E-state index contributed by atoms with van der Waals surface area (Å²) in [5.41, 5.74) is 5.45. The molecule has 9 rings (SSSR count). The van der Waals surface area contributed by atoms with E-state index in [1.165, 1.54) is 26.4 Å².